The van der Waals surface area contributed by atoms with Crippen LogP contribution in [0.3, 0.4) is 0 Å². The van der Waals surface area contributed by atoms with Crippen LogP contribution in [-0.4, -0.2) is 50.3 Å². The lowest BCUT2D eigenvalue weighted by molar-refractivity contribution is -0.130. The number of hydrogen-bond donors (Lipinski definition) is 0. The van der Waals surface area contributed by atoms with Crippen molar-refractivity contribution in [1.82, 2.24) is 4.90 Å². The first-order valence-electron chi connectivity index (χ1n) is 7.13. The second-order valence-electron chi connectivity index (χ2n) is 5.28. The zero-order chi connectivity index (χ0) is 14.4. The minimum Gasteiger partial charge on any atom is -0.382 e. The lowest BCUT2D eigenvalue weighted by Gasteiger charge is -2.17. The Labute approximate surface area is 120 Å². The maximum Gasteiger partial charge on any atom is 0.227 e. The maximum absolute atomic E-state index is 12.2. The Hall–Kier alpha value is -1.39. The fraction of sp³-hybridized carbons (Fsp3) is 0.562. The van der Waals surface area contributed by atoms with Crippen molar-refractivity contribution in [2.45, 2.75) is 25.9 Å². The summed E-state index contributed by atoms with van der Waals surface area (Å²) in [5, 5.41) is 0. The number of nitrogens with zero attached hydrogens (tertiary/aromatic N) is 1. The highest BCUT2D eigenvalue weighted by molar-refractivity contribution is 5.79. The molecule has 1 aliphatic rings. The number of carbonyl (C=O) groups is 1. The number of likely N-dealkylation sites (tertiary alicyclic amines) is 1. The molecule has 20 heavy (non-hydrogen) atoms. The van der Waals surface area contributed by atoms with Gasteiger partial charge in [0.15, 0.2) is 0 Å². The Morgan fingerprint density at radius 1 is 1.40 bits per heavy atom. The van der Waals surface area contributed by atoms with Gasteiger partial charge in [0.25, 0.3) is 0 Å². The highest BCUT2D eigenvalue weighted by Crippen LogP contribution is 2.15. The SMILES string of the molecule is COCCOC1CCN(C(=O)Cc2cccc(C)c2)C1. The highest BCUT2D eigenvalue weighted by atomic mass is 16.5. The first-order valence-corrected chi connectivity index (χ1v) is 7.13. The van der Waals surface area contributed by atoms with Crippen LogP contribution in [-0.2, 0) is 20.7 Å². The van der Waals surface area contributed by atoms with Crippen LogP contribution in [0, 0.1) is 6.92 Å². The molecule has 1 atom stereocenters. The summed E-state index contributed by atoms with van der Waals surface area (Å²) in [6.07, 6.45) is 1.56. The van der Waals surface area contributed by atoms with Crippen molar-refractivity contribution < 1.29 is 14.3 Å². The van der Waals surface area contributed by atoms with Gasteiger partial charge in [-0.1, -0.05) is 29.8 Å². The molecule has 1 unspecified atom stereocenters. The molecule has 1 saturated heterocycles. The van der Waals surface area contributed by atoms with Gasteiger partial charge in [0.1, 0.15) is 0 Å². The predicted octanol–water partition coefficient (Wildman–Crippen LogP) is 1.80. The van der Waals surface area contributed by atoms with Crippen LogP contribution in [0.4, 0.5) is 0 Å². The molecule has 1 fully saturated rings. The van der Waals surface area contributed by atoms with Crippen molar-refractivity contribution in [2.24, 2.45) is 0 Å². The smallest absolute Gasteiger partial charge is 0.227 e. The summed E-state index contributed by atoms with van der Waals surface area (Å²) in [6.45, 7) is 4.75. The van der Waals surface area contributed by atoms with E-state index >= 15 is 0 Å². The third-order valence-corrected chi connectivity index (χ3v) is 3.58. The van der Waals surface area contributed by atoms with Crippen LogP contribution in [0.5, 0.6) is 0 Å². The second kappa shape index (κ2) is 7.41. The van der Waals surface area contributed by atoms with E-state index in [9.17, 15) is 4.79 Å². The number of carbonyl (C=O) groups excluding carboxylic acids is 1. The van der Waals surface area contributed by atoms with E-state index in [1.807, 2.05) is 30.0 Å². The summed E-state index contributed by atoms with van der Waals surface area (Å²) < 4.78 is 10.6. The second-order valence-corrected chi connectivity index (χ2v) is 5.28. The predicted molar refractivity (Wildman–Crippen MR) is 77.7 cm³/mol. The fourth-order valence-corrected chi connectivity index (χ4v) is 2.50. The molecular weight excluding hydrogens is 254 g/mol. The van der Waals surface area contributed by atoms with Crippen LogP contribution in [0.25, 0.3) is 0 Å². The van der Waals surface area contributed by atoms with E-state index in [1.165, 1.54) is 5.56 Å². The highest BCUT2D eigenvalue weighted by Gasteiger charge is 2.26. The zero-order valence-corrected chi connectivity index (χ0v) is 12.3. The summed E-state index contributed by atoms with van der Waals surface area (Å²) in [6, 6.07) is 8.12. The number of benzene rings is 1. The van der Waals surface area contributed by atoms with Gasteiger partial charge in [0.05, 0.1) is 25.7 Å². The van der Waals surface area contributed by atoms with E-state index in [2.05, 4.69) is 6.07 Å². The van der Waals surface area contributed by atoms with Gasteiger partial charge in [0, 0.05) is 20.2 Å². The van der Waals surface area contributed by atoms with E-state index in [-0.39, 0.29) is 12.0 Å². The van der Waals surface area contributed by atoms with E-state index in [4.69, 9.17) is 9.47 Å². The molecule has 0 N–H and O–H groups in total. The maximum atomic E-state index is 12.2. The topological polar surface area (TPSA) is 38.8 Å². The fourth-order valence-electron chi connectivity index (χ4n) is 2.50. The van der Waals surface area contributed by atoms with Gasteiger partial charge in [-0.05, 0) is 18.9 Å². The molecule has 1 aliphatic heterocycles. The minimum atomic E-state index is 0.159. The number of aryl methyl sites for hydroxylation is 1. The van der Waals surface area contributed by atoms with E-state index in [0.29, 0.717) is 26.2 Å². The van der Waals surface area contributed by atoms with Gasteiger partial charge >= 0.3 is 0 Å². The molecule has 2 rings (SSSR count). The Balaban J connectivity index is 1.79. The molecule has 0 spiro atoms. The van der Waals surface area contributed by atoms with Crippen molar-refractivity contribution in [3.05, 3.63) is 35.4 Å². The van der Waals surface area contributed by atoms with Crippen molar-refractivity contribution in [1.29, 1.82) is 0 Å². The molecule has 1 aromatic rings. The summed E-state index contributed by atoms with van der Waals surface area (Å²) in [5.74, 6) is 0.188. The molecule has 110 valence electrons. The third kappa shape index (κ3) is 4.32. The van der Waals surface area contributed by atoms with E-state index in [0.717, 1.165) is 18.5 Å². The molecule has 1 heterocycles. The molecule has 0 saturated carbocycles. The molecule has 0 radical (unpaired) electrons. The number of ether oxygens (including phenoxy) is 2. The molecule has 4 nitrogen and oxygen atoms in total. The Morgan fingerprint density at radius 2 is 2.25 bits per heavy atom. The lowest BCUT2D eigenvalue weighted by atomic mass is 10.1. The summed E-state index contributed by atoms with van der Waals surface area (Å²) in [4.78, 5) is 14.1. The Bertz CT molecular complexity index is 447. The Kier molecular flexibility index (Phi) is 5.56. The first-order chi connectivity index (χ1) is 9.69. The standard InChI is InChI=1S/C16H23NO3/c1-13-4-3-5-14(10-13)11-16(18)17-7-6-15(12-17)20-9-8-19-2/h3-5,10,15H,6-9,11-12H2,1-2H3. The summed E-state index contributed by atoms with van der Waals surface area (Å²) >= 11 is 0. The number of hydrogen-bond acceptors (Lipinski definition) is 3. The minimum absolute atomic E-state index is 0.159. The molecule has 0 aliphatic carbocycles. The van der Waals surface area contributed by atoms with Crippen LogP contribution in [0.2, 0.25) is 0 Å². The first kappa shape index (κ1) is 15.0. The van der Waals surface area contributed by atoms with Crippen molar-refractivity contribution in [3.63, 3.8) is 0 Å². The third-order valence-electron chi connectivity index (χ3n) is 3.58. The molecule has 0 aromatic heterocycles. The van der Waals surface area contributed by atoms with Gasteiger partial charge in [-0.2, -0.15) is 0 Å². The van der Waals surface area contributed by atoms with Gasteiger partial charge in [-0.25, -0.2) is 0 Å². The molecular formula is C16H23NO3. The van der Waals surface area contributed by atoms with Crippen LogP contribution in [0.1, 0.15) is 17.5 Å². The quantitative estimate of drug-likeness (QED) is 0.744. The van der Waals surface area contributed by atoms with Crippen LogP contribution >= 0.6 is 0 Å². The van der Waals surface area contributed by atoms with Crippen molar-refractivity contribution in [2.75, 3.05) is 33.4 Å². The van der Waals surface area contributed by atoms with Crippen molar-refractivity contribution >= 4 is 5.91 Å². The zero-order valence-electron chi connectivity index (χ0n) is 12.3. The molecule has 0 bridgehead atoms. The number of rotatable bonds is 6. The van der Waals surface area contributed by atoms with E-state index in [1.54, 1.807) is 7.11 Å². The van der Waals surface area contributed by atoms with E-state index < -0.39 is 0 Å². The number of methoxy groups -OCH3 is 1. The van der Waals surface area contributed by atoms with Gasteiger partial charge in [-0.15, -0.1) is 0 Å². The molecule has 1 amide bonds. The van der Waals surface area contributed by atoms with Gasteiger partial charge < -0.3 is 14.4 Å². The lowest BCUT2D eigenvalue weighted by Crippen LogP contribution is -2.31. The molecule has 1 aromatic carbocycles. The van der Waals surface area contributed by atoms with Crippen LogP contribution in [0.15, 0.2) is 24.3 Å². The Morgan fingerprint density at radius 3 is 3.00 bits per heavy atom. The largest absolute Gasteiger partial charge is 0.382 e. The van der Waals surface area contributed by atoms with Gasteiger partial charge in [0.2, 0.25) is 5.91 Å². The van der Waals surface area contributed by atoms with Gasteiger partial charge in [-0.3, -0.25) is 4.79 Å². The normalized spacial score (nSPS) is 18.5. The molecule has 4 heteroatoms. The number of amides is 1. The van der Waals surface area contributed by atoms with Crippen molar-refractivity contribution in [3.8, 4) is 0 Å². The summed E-state index contributed by atoms with van der Waals surface area (Å²) in [5.41, 5.74) is 2.27. The average Bonchev–Trinajstić information content (AvgIpc) is 2.88. The summed E-state index contributed by atoms with van der Waals surface area (Å²) in [7, 11) is 1.66. The monoisotopic (exact) mass is 277 g/mol. The average molecular weight is 277 g/mol. The van der Waals surface area contributed by atoms with Crippen LogP contribution < -0.4 is 0 Å².